The van der Waals surface area contributed by atoms with Crippen molar-refractivity contribution in [3.05, 3.63) is 65.5 Å². The highest BCUT2D eigenvalue weighted by molar-refractivity contribution is 6.15. The van der Waals surface area contributed by atoms with Gasteiger partial charge < -0.3 is 10.4 Å². The van der Waals surface area contributed by atoms with E-state index in [1.54, 1.807) is 24.3 Å². The molecular formula is C22H20FN3O4. The Hall–Kier alpha value is -3.10. The number of nitrogens with zero attached hydrogens (tertiary/aromatic N) is 1. The second-order valence-electron chi connectivity index (χ2n) is 8.11. The molecular weight excluding hydrogens is 389 g/mol. The van der Waals surface area contributed by atoms with Crippen molar-refractivity contribution >= 4 is 23.4 Å². The number of likely N-dealkylation sites (tertiary alicyclic amines) is 1. The zero-order valence-electron chi connectivity index (χ0n) is 16.1. The number of para-hydroxylation sites is 1. The normalized spacial score (nSPS) is 30.6. The predicted molar refractivity (Wildman–Crippen MR) is 104 cm³/mol. The molecule has 3 amide bonds. The summed E-state index contributed by atoms with van der Waals surface area (Å²) in [7, 11) is 0. The van der Waals surface area contributed by atoms with Gasteiger partial charge in [-0.05, 0) is 30.7 Å². The molecule has 3 N–H and O–H groups in total. The Morgan fingerprint density at radius 2 is 1.80 bits per heavy atom. The minimum atomic E-state index is -1.42. The van der Waals surface area contributed by atoms with Gasteiger partial charge in [0.05, 0.1) is 24.5 Å². The van der Waals surface area contributed by atoms with Crippen molar-refractivity contribution in [2.75, 3.05) is 5.32 Å². The summed E-state index contributed by atoms with van der Waals surface area (Å²) in [6.45, 7) is 1.52. The maximum Gasteiger partial charge on any atom is 0.250 e. The van der Waals surface area contributed by atoms with E-state index in [1.807, 2.05) is 0 Å². The highest BCUT2D eigenvalue weighted by atomic mass is 19.1. The van der Waals surface area contributed by atoms with Crippen LogP contribution in [0.5, 0.6) is 0 Å². The smallest absolute Gasteiger partial charge is 0.250 e. The number of aliphatic hydroxyl groups is 1. The molecule has 3 aliphatic rings. The van der Waals surface area contributed by atoms with Crippen LogP contribution in [0.25, 0.3) is 0 Å². The van der Waals surface area contributed by atoms with Gasteiger partial charge in [0.25, 0.3) is 0 Å². The summed E-state index contributed by atoms with van der Waals surface area (Å²) in [6.07, 6.45) is -0.958. The molecule has 5 rings (SSSR count). The molecule has 30 heavy (non-hydrogen) atoms. The monoisotopic (exact) mass is 409 g/mol. The second kappa shape index (κ2) is 6.45. The largest absolute Gasteiger partial charge is 0.392 e. The number of amides is 3. The van der Waals surface area contributed by atoms with Gasteiger partial charge in [-0.1, -0.05) is 30.3 Å². The van der Waals surface area contributed by atoms with Gasteiger partial charge in [-0.2, -0.15) is 0 Å². The van der Waals surface area contributed by atoms with E-state index in [0.29, 0.717) is 16.8 Å². The standard InChI is InChI=1S/C22H20FN3O4/c1-11(27)18-16-17(22(25-18)14-4-2-3-5-15(14)24-21(22)30)20(29)26(19(16)28)10-12-6-8-13(23)9-7-12/h2-9,11,16-18,25,27H,10H2,1H3,(H,24,30)/t11-,16-,17-,18-,22-/m0/s1. The van der Waals surface area contributed by atoms with Crippen LogP contribution in [0.3, 0.4) is 0 Å². The molecule has 3 aliphatic heterocycles. The van der Waals surface area contributed by atoms with Crippen molar-refractivity contribution in [2.45, 2.75) is 31.2 Å². The number of carbonyl (C=O) groups excluding carboxylic acids is 3. The first-order chi connectivity index (χ1) is 14.3. The molecule has 0 bridgehead atoms. The lowest BCUT2D eigenvalue weighted by Crippen LogP contribution is -2.54. The fourth-order valence-electron chi connectivity index (χ4n) is 5.09. The third-order valence-electron chi connectivity index (χ3n) is 6.42. The summed E-state index contributed by atoms with van der Waals surface area (Å²) in [5, 5.41) is 16.3. The van der Waals surface area contributed by atoms with Gasteiger partial charge in [0.1, 0.15) is 11.4 Å². The third-order valence-corrected chi connectivity index (χ3v) is 6.42. The average molecular weight is 409 g/mol. The lowest BCUT2D eigenvalue weighted by Gasteiger charge is -2.30. The molecule has 154 valence electrons. The van der Waals surface area contributed by atoms with Gasteiger partial charge in [-0.25, -0.2) is 4.39 Å². The Kier molecular flexibility index (Phi) is 4.06. The number of benzene rings is 2. The number of imide groups is 1. The Morgan fingerprint density at radius 1 is 1.10 bits per heavy atom. The number of nitrogens with one attached hydrogen (secondary N) is 2. The summed E-state index contributed by atoms with van der Waals surface area (Å²) in [4.78, 5) is 41.0. The highest BCUT2D eigenvalue weighted by Crippen LogP contribution is 2.53. The van der Waals surface area contributed by atoms with Crippen molar-refractivity contribution < 1.29 is 23.9 Å². The number of anilines is 1. The van der Waals surface area contributed by atoms with Crippen molar-refractivity contribution in [1.29, 1.82) is 0 Å². The van der Waals surface area contributed by atoms with Crippen LogP contribution in [0.1, 0.15) is 18.1 Å². The molecule has 0 radical (unpaired) electrons. The highest BCUT2D eigenvalue weighted by Gasteiger charge is 2.70. The van der Waals surface area contributed by atoms with Gasteiger partial charge in [-0.15, -0.1) is 0 Å². The number of carbonyl (C=O) groups is 3. The van der Waals surface area contributed by atoms with Crippen LogP contribution in [-0.2, 0) is 26.5 Å². The third kappa shape index (κ3) is 2.41. The van der Waals surface area contributed by atoms with Crippen molar-refractivity contribution in [1.82, 2.24) is 10.2 Å². The quantitative estimate of drug-likeness (QED) is 0.660. The van der Waals surface area contributed by atoms with Gasteiger partial charge in [0, 0.05) is 17.3 Å². The fourth-order valence-corrected chi connectivity index (χ4v) is 5.09. The van der Waals surface area contributed by atoms with Crippen molar-refractivity contribution in [3.63, 3.8) is 0 Å². The summed E-state index contributed by atoms with van der Waals surface area (Å²) in [6, 6.07) is 11.8. The van der Waals surface area contributed by atoms with Crippen LogP contribution >= 0.6 is 0 Å². The van der Waals surface area contributed by atoms with Gasteiger partial charge in [-0.3, -0.25) is 24.6 Å². The molecule has 0 saturated carbocycles. The predicted octanol–water partition coefficient (Wildman–Crippen LogP) is 1.13. The van der Waals surface area contributed by atoms with E-state index in [0.717, 1.165) is 4.90 Å². The topological polar surface area (TPSA) is 98.7 Å². The van der Waals surface area contributed by atoms with Crippen molar-refractivity contribution in [2.24, 2.45) is 11.8 Å². The van der Waals surface area contributed by atoms with Crippen LogP contribution in [0.15, 0.2) is 48.5 Å². The number of halogens is 1. The van der Waals surface area contributed by atoms with Crippen LogP contribution in [0.2, 0.25) is 0 Å². The number of hydrogen-bond donors (Lipinski definition) is 3. The van der Waals surface area contributed by atoms with Crippen LogP contribution < -0.4 is 10.6 Å². The number of rotatable bonds is 3. The first kappa shape index (κ1) is 18.9. The molecule has 7 nitrogen and oxygen atoms in total. The number of hydrogen-bond acceptors (Lipinski definition) is 5. The molecule has 0 unspecified atom stereocenters. The summed E-state index contributed by atoms with van der Waals surface area (Å²) < 4.78 is 13.2. The summed E-state index contributed by atoms with van der Waals surface area (Å²) in [5.41, 5.74) is 0.354. The van der Waals surface area contributed by atoms with E-state index >= 15 is 0 Å². The van der Waals surface area contributed by atoms with E-state index in [-0.39, 0.29) is 6.54 Å². The van der Waals surface area contributed by atoms with E-state index in [9.17, 15) is 23.9 Å². The van der Waals surface area contributed by atoms with E-state index < -0.39 is 53.1 Å². The Balaban J connectivity index is 1.59. The zero-order chi connectivity index (χ0) is 21.2. The van der Waals surface area contributed by atoms with E-state index in [4.69, 9.17) is 0 Å². The molecule has 2 aromatic carbocycles. The summed E-state index contributed by atoms with van der Waals surface area (Å²) in [5.74, 6) is -3.60. The number of aliphatic hydroxyl groups excluding tert-OH is 1. The molecule has 8 heteroatoms. The lowest BCUT2D eigenvalue weighted by molar-refractivity contribution is -0.143. The minimum Gasteiger partial charge on any atom is -0.392 e. The molecule has 0 aromatic heterocycles. The average Bonchev–Trinajstić information content (AvgIpc) is 3.31. The lowest BCUT2D eigenvalue weighted by atomic mass is 9.76. The van der Waals surface area contributed by atoms with Crippen LogP contribution in [0.4, 0.5) is 10.1 Å². The second-order valence-corrected chi connectivity index (χ2v) is 8.11. The fraction of sp³-hybridized carbons (Fsp3) is 0.318. The summed E-state index contributed by atoms with van der Waals surface area (Å²) >= 11 is 0. The Bertz CT molecular complexity index is 1070. The van der Waals surface area contributed by atoms with Crippen molar-refractivity contribution in [3.8, 4) is 0 Å². The van der Waals surface area contributed by atoms with E-state index in [1.165, 1.54) is 31.2 Å². The van der Waals surface area contributed by atoms with Gasteiger partial charge >= 0.3 is 0 Å². The molecule has 2 saturated heterocycles. The first-order valence-corrected chi connectivity index (χ1v) is 9.81. The van der Waals surface area contributed by atoms with Gasteiger partial charge in [0.2, 0.25) is 17.7 Å². The molecule has 5 atom stereocenters. The Morgan fingerprint density at radius 3 is 2.50 bits per heavy atom. The first-order valence-electron chi connectivity index (χ1n) is 9.81. The zero-order valence-corrected chi connectivity index (χ0v) is 16.1. The SMILES string of the molecule is C[C@H](O)[C@@H]1N[C@]2(C(=O)Nc3ccccc32)[C@@H]2C(=O)N(Cc3ccc(F)cc3)C(=O)[C@H]12. The van der Waals surface area contributed by atoms with Crippen LogP contribution in [0, 0.1) is 17.7 Å². The molecule has 2 aromatic rings. The maximum absolute atomic E-state index is 13.5. The van der Waals surface area contributed by atoms with E-state index in [2.05, 4.69) is 10.6 Å². The molecule has 2 fully saturated rings. The maximum atomic E-state index is 13.5. The molecule has 3 heterocycles. The minimum absolute atomic E-state index is 0.0170. The number of fused-ring (bicyclic) bond motifs is 4. The van der Waals surface area contributed by atoms with Crippen LogP contribution in [-0.4, -0.2) is 39.9 Å². The molecule has 0 aliphatic carbocycles. The molecule has 1 spiro atoms. The Labute approximate surface area is 171 Å². The van der Waals surface area contributed by atoms with Gasteiger partial charge in [0.15, 0.2) is 0 Å².